The molecule has 0 spiro atoms. The highest BCUT2D eigenvalue weighted by Gasteiger charge is 2.21. The molecule has 2 rings (SSSR count). The zero-order valence-corrected chi connectivity index (χ0v) is 16.0. The minimum Gasteiger partial charge on any atom is -0.496 e. The first-order valence-corrected chi connectivity index (χ1v) is 8.37. The summed E-state index contributed by atoms with van der Waals surface area (Å²) in [5, 5.41) is 3.11. The fourth-order valence-corrected chi connectivity index (χ4v) is 2.75. The van der Waals surface area contributed by atoms with Gasteiger partial charge in [-0.25, -0.2) is 0 Å². The lowest BCUT2D eigenvalue weighted by atomic mass is 10.1. The highest BCUT2D eigenvalue weighted by Crippen LogP contribution is 2.29. The Morgan fingerprint density at radius 1 is 1.23 bits per heavy atom. The third-order valence-electron chi connectivity index (χ3n) is 4.02. The second-order valence-electron chi connectivity index (χ2n) is 6.05. The molecule has 0 aliphatic carbocycles. The van der Waals surface area contributed by atoms with E-state index in [-0.39, 0.29) is 28.9 Å². The molecule has 2 aromatic rings. The summed E-state index contributed by atoms with van der Waals surface area (Å²) in [6, 6.07) is 8.68. The first-order valence-electron chi connectivity index (χ1n) is 7.99. The van der Waals surface area contributed by atoms with Crippen LogP contribution in [0.4, 0.5) is 11.4 Å². The number of methoxy groups -OCH3 is 1. The topological polar surface area (TPSA) is 84.7 Å². The summed E-state index contributed by atoms with van der Waals surface area (Å²) in [6.45, 7) is 3.72. The van der Waals surface area contributed by atoms with E-state index in [0.29, 0.717) is 11.4 Å². The quantitative estimate of drug-likeness (QED) is 0.785. The number of hydrogen-bond donors (Lipinski definition) is 2. The second-order valence-corrected chi connectivity index (χ2v) is 6.46. The van der Waals surface area contributed by atoms with Crippen molar-refractivity contribution in [2.24, 2.45) is 0 Å². The Labute approximate surface area is 157 Å². The van der Waals surface area contributed by atoms with Crippen molar-refractivity contribution in [1.82, 2.24) is 4.90 Å². The SMILES string of the molecule is COc1cc(N)c(Cl)cc1C(=O)N(C)CC(=O)Nc1c(C)cccc1C. The van der Waals surface area contributed by atoms with Crippen molar-refractivity contribution in [3.8, 4) is 5.75 Å². The normalized spacial score (nSPS) is 10.3. The van der Waals surface area contributed by atoms with Crippen molar-refractivity contribution in [1.29, 1.82) is 0 Å². The maximum Gasteiger partial charge on any atom is 0.257 e. The number of nitrogens with zero attached hydrogens (tertiary/aromatic N) is 1. The van der Waals surface area contributed by atoms with Crippen molar-refractivity contribution in [2.75, 3.05) is 31.8 Å². The van der Waals surface area contributed by atoms with Crippen molar-refractivity contribution >= 4 is 34.8 Å². The van der Waals surface area contributed by atoms with E-state index in [0.717, 1.165) is 16.8 Å². The predicted molar refractivity (Wildman–Crippen MR) is 104 cm³/mol. The third kappa shape index (κ3) is 4.26. The van der Waals surface area contributed by atoms with Gasteiger partial charge in [0.1, 0.15) is 5.75 Å². The summed E-state index contributed by atoms with van der Waals surface area (Å²) in [5.74, 6) is -0.377. The molecule has 0 fully saturated rings. The van der Waals surface area contributed by atoms with Gasteiger partial charge in [0, 0.05) is 18.8 Å². The van der Waals surface area contributed by atoms with Gasteiger partial charge in [0.2, 0.25) is 5.91 Å². The number of nitrogens with one attached hydrogen (secondary N) is 1. The molecule has 0 radical (unpaired) electrons. The van der Waals surface area contributed by atoms with E-state index in [9.17, 15) is 9.59 Å². The van der Waals surface area contributed by atoms with Gasteiger partial charge in [-0.15, -0.1) is 0 Å². The average Bonchev–Trinajstić information content (AvgIpc) is 2.59. The van der Waals surface area contributed by atoms with Crippen LogP contribution in [0.15, 0.2) is 30.3 Å². The highest BCUT2D eigenvalue weighted by molar-refractivity contribution is 6.33. The molecule has 0 saturated carbocycles. The predicted octanol–water partition coefficient (Wildman–Crippen LogP) is 3.26. The minimum absolute atomic E-state index is 0.113. The molecule has 0 aliphatic heterocycles. The summed E-state index contributed by atoms with van der Waals surface area (Å²) >= 11 is 6.01. The number of amides is 2. The fourth-order valence-electron chi connectivity index (χ4n) is 2.59. The van der Waals surface area contributed by atoms with Gasteiger partial charge in [0.15, 0.2) is 0 Å². The monoisotopic (exact) mass is 375 g/mol. The van der Waals surface area contributed by atoms with E-state index in [1.54, 1.807) is 0 Å². The van der Waals surface area contributed by atoms with Crippen LogP contribution in [0.25, 0.3) is 0 Å². The lowest BCUT2D eigenvalue weighted by Gasteiger charge is -2.20. The molecule has 3 N–H and O–H groups in total. The molecule has 0 aromatic heterocycles. The average molecular weight is 376 g/mol. The first-order chi connectivity index (χ1) is 12.2. The molecule has 0 unspecified atom stereocenters. The van der Waals surface area contributed by atoms with Crippen LogP contribution in [0.1, 0.15) is 21.5 Å². The molecule has 138 valence electrons. The van der Waals surface area contributed by atoms with Gasteiger partial charge in [0.25, 0.3) is 5.91 Å². The van der Waals surface area contributed by atoms with Crippen LogP contribution in [-0.4, -0.2) is 37.4 Å². The lowest BCUT2D eigenvalue weighted by Crippen LogP contribution is -2.35. The van der Waals surface area contributed by atoms with Crippen LogP contribution in [0, 0.1) is 13.8 Å². The molecule has 2 aromatic carbocycles. The fraction of sp³-hybridized carbons (Fsp3) is 0.263. The number of benzene rings is 2. The Hall–Kier alpha value is -2.73. The van der Waals surface area contributed by atoms with Gasteiger partial charge in [0.05, 0.1) is 29.9 Å². The molecule has 0 atom stereocenters. The smallest absolute Gasteiger partial charge is 0.257 e. The summed E-state index contributed by atoms with van der Waals surface area (Å²) < 4.78 is 5.20. The van der Waals surface area contributed by atoms with Crippen LogP contribution in [0.2, 0.25) is 5.02 Å². The van der Waals surface area contributed by atoms with E-state index in [1.807, 2.05) is 32.0 Å². The van der Waals surface area contributed by atoms with Crippen LogP contribution < -0.4 is 15.8 Å². The van der Waals surface area contributed by atoms with Crippen LogP contribution in [-0.2, 0) is 4.79 Å². The second kappa shape index (κ2) is 8.10. The van der Waals surface area contributed by atoms with Crippen molar-refractivity contribution in [3.05, 3.63) is 52.0 Å². The van der Waals surface area contributed by atoms with Crippen molar-refractivity contribution in [2.45, 2.75) is 13.8 Å². The molecule has 2 amide bonds. The zero-order valence-electron chi connectivity index (χ0n) is 15.2. The number of para-hydroxylation sites is 1. The molecule has 0 heterocycles. The molecule has 26 heavy (non-hydrogen) atoms. The van der Waals surface area contributed by atoms with Crippen LogP contribution >= 0.6 is 11.6 Å². The van der Waals surface area contributed by atoms with Crippen molar-refractivity contribution < 1.29 is 14.3 Å². The van der Waals surface area contributed by atoms with Crippen molar-refractivity contribution in [3.63, 3.8) is 0 Å². The number of carbonyl (C=O) groups excluding carboxylic acids is 2. The van der Waals surface area contributed by atoms with E-state index in [2.05, 4.69) is 5.32 Å². The maximum absolute atomic E-state index is 12.7. The van der Waals surface area contributed by atoms with Crippen LogP contribution in [0.5, 0.6) is 5.75 Å². The molecule has 6 nitrogen and oxygen atoms in total. The Balaban J connectivity index is 2.14. The molecule has 0 saturated heterocycles. The molecule has 0 aliphatic rings. The number of halogens is 1. The minimum atomic E-state index is -0.389. The number of carbonyl (C=O) groups is 2. The van der Waals surface area contributed by atoms with Gasteiger partial charge in [-0.3, -0.25) is 9.59 Å². The number of rotatable bonds is 5. The van der Waals surface area contributed by atoms with Gasteiger partial charge in [-0.2, -0.15) is 0 Å². The van der Waals surface area contributed by atoms with Gasteiger partial charge in [-0.1, -0.05) is 29.8 Å². The largest absolute Gasteiger partial charge is 0.496 e. The highest BCUT2D eigenvalue weighted by atomic mass is 35.5. The number of ether oxygens (including phenoxy) is 1. The standard InChI is InChI=1S/C19H22ClN3O3/c1-11-6-5-7-12(2)18(11)22-17(24)10-23(3)19(25)13-8-14(20)15(21)9-16(13)26-4/h5-9H,10,21H2,1-4H3,(H,22,24). The lowest BCUT2D eigenvalue weighted by molar-refractivity contribution is -0.116. The van der Waals surface area contributed by atoms with E-state index in [4.69, 9.17) is 22.1 Å². The third-order valence-corrected chi connectivity index (χ3v) is 4.35. The Kier molecular flexibility index (Phi) is 6.10. The Morgan fingerprint density at radius 2 is 1.85 bits per heavy atom. The summed E-state index contributed by atoms with van der Waals surface area (Å²) in [4.78, 5) is 26.3. The molecular weight excluding hydrogens is 354 g/mol. The first kappa shape index (κ1) is 19.6. The Morgan fingerprint density at radius 3 is 2.42 bits per heavy atom. The van der Waals surface area contributed by atoms with E-state index < -0.39 is 0 Å². The van der Waals surface area contributed by atoms with E-state index >= 15 is 0 Å². The van der Waals surface area contributed by atoms with Gasteiger partial charge in [-0.05, 0) is 31.0 Å². The molecule has 7 heteroatoms. The number of nitrogen functional groups attached to an aromatic ring is 1. The number of nitrogens with two attached hydrogens (primary N) is 1. The zero-order chi connectivity index (χ0) is 19.4. The Bertz CT molecular complexity index is 832. The van der Waals surface area contributed by atoms with Gasteiger partial charge >= 0.3 is 0 Å². The summed E-state index contributed by atoms with van der Waals surface area (Å²) in [5.41, 5.74) is 8.97. The number of anilines is 2. The summed E-state index contributed by atoms with van der Waals surface area (Å²) in [6.07, 6.45) is 0. The molecular formula is C19H22ClN3O3. The number of aryl methyl sites for hydroxylation is 2. The number of hydrogen-bond acceptors (Lipinski definition) is 4. The summed E-state index contributed by atoms with van der Waals surface area (Å²) in [7, 11) is 2.98. The number of likely N-dealkylation sites (N-methyl/N-ethyl adjacent to an activating group) is 1. The molecule has 0 bridgehead atoms. The maximum atomic E-state index is 12.7. The van der Waals surface area contributed by atoms with E-state index in [1.165, 1.54) is 31.2 Å². The van der Waals surface area contributed by atoms with Crippen LogP contribution in [0.3, 0.4) is 0 Å². The van der Waals surface area contributed by atoms with Gasteiger partial charge < -0.3 is 20.7 Å².